The molecule has 0 saturated heterocycles. The Bertz CT molecular complexity index is 1230. The van der Waals surface area contributed by atoms with Gasteiger partial charge >= 0.3 is 0 Å². The summed E-state index contributed by atoms with van der Waals surface area (Å²) in [6, 6.07) is 21.5. The first-order valence-corrected chi connectivity index (χ1v) is 14.3. The van der Waals surface area contributed by atoms with Crippen LogP contribution >= 0.6 is 21.6 Å². The maximum Gasteiger partial charge on any atom is 0.133 e. The lowest BCUT2D eigenvalue weighted by Gasteiger charge is -2.16. The average molecular weight is 515 g/mol. The molecule has 0 saturated carbocycles. The van der Waals surface area contributed by atoms with Crippen molar-refractivity contribution >= 4 is 21.6 Å². The van der Waals surface area contributed by atoms with Gasteiger partial charge in [-0.1, -0.05) is 33.7 Å². The topological polar surface area (TPSA) is 18.5 Å². The first-order valence-electron chi connectivity index (χ1n) is 12.2. The van der Waals surface area contributed by atoms with E-state index in [1.807, 2.05) is 0 Å². The van der Waals surface area contributed by atoms with Crippen LogP contribution in [0.3, 0.4) is 0 Å². The summed E-state index contributed by atoms with van der Waals surface area (Å²) >= 11 is 0. The van der Waals surface area contributed by atoms with Gasteiger partial charge < -0.3 is 9.47 Å². The normalized spacial score (nSPS) is 11.0. The minimum absolute atomic E-state index is 0.891. The third-order valence-electron chi connectivity index (χ3n) is 5.93. The molecule has 0 N–H and O–H groups in total. The highest BCUT2D eigenvalue weighted by molar-refractivity contribution is 8.76. The molecule has 0 radical (unpaired) electrons. The molecule has 4 aromatic rings. The third kappa shape index (κ3) is 6.48. The Labute approximate surface area is 223 Å². The zero-order valence-electron chi connectivity index (χ0n) is 22.4. The van der Waals surface area contributed by atoms with Crippen molar-refractivity contribution in [2.75, 3.05) is 0 Å². The summed E-state index contributed by atoms with van der Waals surface area (Å²) in [6.07, 6.45) is 0. The SMILES string of the molecule is Cc1cc(C)cc(Oc2c(C)cc(SSc3cc(C)c(Oc4cc(C)cc(C)c4)c(C)c3)cc2C)c1. The molecule has 0 atom stereocenters. The van der Waals surface area contributed by atoms with Crippen molar-refractivity contribution in [3.05, 3.63) is 105 Å². The predicted molar refractivity (Wildman–Crippen MR) is 156 cm³/mol. The summed E-state index contributed by atoms with van der Waals surface area (Å²) in [7, 11) is 3.55. The van der Waals surface area contributed by atoms with Gasteiger partial charge in [0.1, 0.15) is 23.0 Å². The van der Waals surface area contributed by atoms with Crippen LogP contribution in [0, 0.1) is 55.4 Å². The van der Waals surface area contributed by atoms with E-state index in [1.54, 1.807) is 21.6 Å². The third-order valence-corrected chi connectivity index (χ3v) is 8.28. The van der Waals surface area contributed by atoms with Gasteiger partial charge in [0.05, 0.1) is 0 Å². The number of ether oxygens (including phenoxy) is 2. The van der Waals surface area contributed by atoms with Crippen molar-refractivity contribution in [3.8, 4) is 23.0 Å². The van der Waals surface area contributed by atoms with Gasteiger partial charge in [-0.3, -0.25) is 0 Å². The molecular weight excluding hydrogens is 480 g/mol. The lowest BCUT2D eigenvalue weighted by Crippen LogP contribution is -1.93. The number of benzene rings is 4. The van der Waals surface area contributed by atoms with E-state index in [1.165, 1.54) is 32.0 Å². The van der Waals surface area contributed by atoms with Crippen LogP contribution in [0.15, 0.2) is 70.5 Å². The first kappa shape index (κ1) is 26.2. The van der Waals surface area contributed by atoms with Gasteiger partial charge in [-0.05, 0) is 148 Å². The average Bonchev–Trinajstić information content (AvgIpc) is 2.76. The summed E-state index contributed by atoms with van der Waals surface area (Å²) in [5.74, 6) is 3.66. The highest BCUT2D eigenvalue weighted by Gasteiger charge is 2.12. The monoisotopic (exact) mass is 514 g/mol. The molecule has 0 amide bonds. The molecule has 0 aliphatic rings. The second-order valence-corrected chi connectivity index (χ2v) is 12.1. The molecule has 0 spiro atoms. The molecule has 0 bridgehead atoms. The van der Waals surface area contributed by atoms with Crippen LogP contribution in [0.2, 0.25) is 0 Å². The molecular formula is C32H34O2S2. The largest absolute Gasteiger partial charge is 0.457 e. The van der Waals surface area contributed by atoms with Crippen molar-refractivity contribution in [1.82, 2.24) is 0 Å². The lowest BCUT2D eigenvalue weighted by molar-refractivity contribution is 0.473. The second-order valence-electron chi connectivity index (χ2n) is 9.79. The van der Waals surface area contributed by atoms with Gasteiger partial charge in [0.15, 0.2) is 0 Å². The molecule has 36 heavy (non-hydrogen) atoms. The summed E-state index contributed by atoms with van der Waals surface area (Å²) in [6.45, 7) is 16.9. The highest BCUT2D eigenvalue weighted by Crippen LogP contribution is 2.43. The van der Waals surface area contributed by atoms with Crippen LogP contribution in [0.1, 0.15) is 44.5 Å². The first-order chi connectivity index (χ1) is 17.1. The molecule has 4 rings (SSSR count). The van der Waals surface area contributed by atoms with E-state index in [0.717, 1.165) is 45.3 Å². The number of hydrogen-bond acceptors (Lipinski definition) is 4. The maximum absolute atomic E-state index is 6.30. The minimum atomic E-state index is 0.891. The van der Waals surface area contributed by atoms with E-state index in [-0.39, 0.29) is 0 Å². The Morgan fingerprint density at radius 2 is 0.667 bits per heavy atom. The van der Waals surface area contributed by atoms with Gasteiger partial charge in [0.25, 0.3) is 0 Å². The fourth-order valence-electron chi connectivity index (χ4n) is 4.55. The highest BCUT2D eigenvalue weighted by atomic mass is 33.1. The van der Waals surface area contributed by atoms with E-state index >= 15 is 0 Å². The Balaban J connectivity index is 1.48. The van der Waals surface area contributed by atoms with Crippen LogP contribution < -0.4 is 9.47 Å². The Morgan fingerprint density at radius 1 is 0.389 bits per heavy atom. The van der Waals surface area contributed by atoms with E-state index in [0.29, 0.717) is 0 Å². The van der Waals surface area contributed by atoms with E-state index in [9.17, 15) is 0 Å². The van der Waals surface area contributed by atoms with Crippen LogP contribution in [0.4, 0.5) is 0 Å². The molecule has 0 unspecified atom stereocenters. The number of hydrogen-bond donors (Lipinski definition) is 0. The molecule has 4 aromatic carbocycles. The zero-order chi connectivity index (χ0) is 26.0. The summed E-state index contributed by atoms with van der Waals surface area (Å²) in [4.78, 5) is 2.43. The Kier molecular flexibility index (Phi) is 8.07. The minimum Gasteiger partial charge on any atom is -0.457 e. The molecule has 0 fully saturated rings. The fourth-order valence-corrected chi connectivity index (χ4v) is 6.80. The van der Waals surface area contributed by atoms with Crippen molar-refractivity contribution in [2.45, 2.75) is 65.2 Å². The Morgan fingerprint density at radius 3 is 0.944 bits per heavy atom. The van der Waals surface area contributed by atoms with E-state index in [4.69, 9.17) is 9.47 Å². The Hall–Kier alpha value is -2.82. The maximum atomic E-state index is 6.30. The summed E-state index contributed by atoms with van der Waals surface area (Å²) in [5.41, 5.74) is 9.40. The van der Waals surface area contributed by atoms with Crippen LogP contribution in [0.25, 0.3) is 0 Å². The molecule has 0 aliphatic carbocycles. The lowest BCUT2D eigenvalue weighted by atomic mass is 10.1. The van der Waals surface area contributed by atoms with Crippen molar-refractivity contribution in [1.29, 1.82) is 0 Å². The van der Waals surface area contributed by atoms with Gasteiger partial charge in [0.2, 0.25) is 0 Å². The van der Waals surface area contributed by atoms with Gasteiger partial charge in [-0.15, -0.1) is 0 Å². The standard InChI is InChI=1S/C32H34O2S2/c1-19-9-20(2)12-27(11-19)33-31-23(5)15-29(16-24(31)6)35-36-30-17-25(7)32(26(8)18-30)34-28-13-21(3)10-22(4)14-28/h9-18H,1-8H3. The van der Waals surface area contributed by atoms with E-state index < -0.39 is 0 Å². The second kappa shape index (κ2) is 11.1. The molecule has 2 nitrogen and oxygen atoms in total. The molecule has 4 heteroatoms. The summed E-state index contributed by atoms with van der Waals surface area (Å²) in [5, 5.41) is 0. The van der Waals surface area contributed by atoms with E-state index in [2.05, 4.69) is 116 Å². The molecule has 0 aromatic heterocycles. The van der Waals surface area contributed by atoms with Crippen molar-refractivity contribution < 1.29 is 9.47 Å². The molecule has 186 valence electrons. The smallest absolute Gasteiger partial charge is 0.133 e. The fraction of sp³-hybridized carbons (Fsp3) is 0.250. The number of aryl methyl sites for hydroxylation is 8. The van der Waals surface area contributed by atoms with Crippen LogP contribution in [-0.2, 0) is 0 Å². The van der Waals surface area contributed by atoms with Crippen molar-refractivity contribution in [3.63, 3.8) is 0 Å². The van der Waals surface area contributed by atoms with Gasteiger partial charge in [0, 0.05) is 9.79 Å². The van der Waals surface area contributed by atoms with Crippen LogP contribution in [-0.4, -0.2) is 0 Å². The molecule has 0 aliphatic heterocycles. The summed E-state index contributed by atoms with van der Waals surface area (Å²) < 4.78 is 12.6. The van der Waals surface area contributed by atoms with Gasteiger partial charge in [-0.25, -0.2) is 0 Å². The quantitative estimate of drug-likeness (QED) is 0.228. The predicted octanol–water partition coefficient (Wildman–Crippen LogP) is 10.5. The molecule has 0 heterocycles. The van der Waals surface area contributed by atoms with Crippen LogP contribution in [0.5, 0.6) is 23.0 Å². The number of rotatable bonds is 7. The van der Waals surface area contributed by atoms with Gasteiger partial charge in [-0.2, -0.15) is 0 Å². The van der Waals surface area contributed by atoms with Crippen molar-refractivity contribution in [2.24, 2.45) is 0 Å². The zero-order valence-corrected chi connectivity index (χ0v) is 24.0.